The maximum Gasteiger partial charge on any atom is 0.134 e. The summed E-state index contributed by atoms with van der Waals surface area (Å²) in [5.74, 6) is 0.475. The van der Waals surface area contributed by atoms with Crippen LogP contribution in [0.3, 0.4) is 0 Å². The first-order valence-corrected chi connectivity index (χ1v) is 4.56. The first-order valence-electron chi connectivity index (χ1n) is 4.56. The number of Topliss-reactive ketones (excluding diaryl/α,β-unsaturated/α-hetero) is 1. The van der Waals surface area contributed by atoms with Gasteiger partial charge in [0, 0.05) is 24.3 Å². The van der Waals surface area contributed by atoms with Crippen molar-refractivity contribution in [2.24, 2.45) is 0 Å². The van der Waals surface area contributed by atoms with Gasteiger partial charge < -0.3 is 4.74 Å². The lowest BCUT2D eigenvalue weighted by Gasteiger charge is -2.26. The van der Waals surface area contributed by atoms with Crippen LogP contribution in [0.5, 0.6) is 5.75 Å². The quantitative estimate of drug-likeness (QED) is 0.722. The van der Waals surface area contributed by atoms with E-state index >= 15 is 0 Å². The number of hydrogen-bond acceptors (Lipinski definition) is 2. The number of rotatable bonds is 2. The van der Waals surface area contributed by atoms with Crippen LogP contribution < -0.4 is 4.74 Å². The van der Waals surface area contributed by atoms with Crippen LogP contribution in [-0.4, -0.2) is 12.9 Å². The van der Waals surface area contributed by atoms with Crippen LogP contribution in [0.4, 0.5) is 4.39 Å². The standard InChI is InChI=1S/C11H11FO2/c1-14-10-4-2-3-9(12)11(10)7-5-8(13)6-7/h2-4,7H,5-6H2,1H3. The van der Waals surface area contributed by atoms with E-state index in [9.17, 15) is 9.18 Å². The van der Waals surface area contributed by atoms with Crippen molar-refractivity contribution in [1.29, 1.82) is 0 Å². The molecule has 74 valence electrons. The minimum atomic E-state index is -0.276. The number of methoxy groups -OCH3 is 1. The summed E-state index contributed by atoms with van der Waals surface area (Å²) in [6, 6.07) is 4.74. The molecule has 3 heteroatoms. The average molecular weight is 194 g/mol. The van der Waals surface area contributed by atoms with Gasteiger partial charge >= 0.3 is 0 Å². The van der Waals surface area contributed by atoms with Gasteiger partial charge in [-0.1, -0.05) is 6.07 Å². The van der Waals surface area contributed by atoms with Gasteiger partial charge in [0.25, 0.3) is 0 Å². The monoisotopic (exact) mass is 194 g/mol. The number of halogens is 1. The SMILES string of the molecule is COc1cccc(F)c1C1CC(=O)C1. The van der Waals surface area contributed by atoms with Crippen LogP contribution in [0.1, 0.15) is 24.3 Å². The summed E-state index contributed by atoms with van der Waals surface area (Å²) in [6.07, 6.45) is 0.884. The van der Waals surface area contributed by atoms with Crippen molar-refractivity contribution in [2.45, 2.75) is 18.8 Å². The third kappa shape index (κ3) is 1.39. The van der Waals surface area contributed by atoms with E-state index < -0.39 is 0 Å². The summed E-state index contributed by atoms with van der Waals surface area (Å²) >= 11 is 0. The minimum absolute atomic E-state index is 0.0126. The molecule has 0 spiro atoms. The van der Waals surface area contributed by atoms with Crippen molar-refractivity contribution in [2.75, 3.05) is 7.11 Å². The molecular weight excluding hydrogens is 183 g/mol. The molecule has 0 aromatic heterocycles. The molecule has 1 aliphatic rings. The molecule has 0 atom stereocenters. The van der Waals surface area contributed by atoms with Crippen molar-refractivity contribution in [3.63, 3.8) is 0 Å². The van der Waals surface area contributed by atoms with Gasteiger partial charge in [0.2, 0.25) is 0 Å². The predicted molar refractivity (Wildman–Crippen MR) is 49.9 cm³/mol. The Morgan fingerprint density at radius 1 is 1.43 bits per heavy atom. The van der Waals surface area contributed by atoms with E-state index in [1.807, 2.05) is 0 Å². The summed E-state index contributed by atoms with van der Waals surface area (Å²) in [5, 5.41) is 0. The van der Waals surface area contributed by atoms with E-state index in [0.29, 0.717) is 24.2 Å². The zero-order chi connectivity index (χ0) is 10.1. The van der Waals surface area contributed by atoms with Gasteiger partial charge in [0.15, 0.2) is 0 Å². The predicted octanol–water partition coefficient (Wildman–Crippen LogP) is 2.28. The molecule has 0 unspecified atom stereocenters. The molecule has 0 aliphatic heterocycles. The maximum absolute atomic E-state index is 13.4. The minimum Gasteiger partial charge on any atom is -0.496 e. The van der Waals surface area contributed by atoms with Crippen LogP contribution in [0, 0.1) is 5.82 Å². The fourth-order valence-electron chi connectivity index (χ4n) is 1.79. The van der Waals surface area contributed by atoms with Crippen LogP contribution in [0.2, 0.25) is 0 Å². The Bertz CT molecular complexity index is 366. The molecule has 0 radical (unpaired) electrons. The number of ether oxygens (including phenoxy) is 1. The van der Waals surface area contributed by atoms with Gasteiger partial charge in [-0.15, -0.1) is 0 Å². The second-order valence-electron chi connectivity index (χ2n) is 3.50. The zero-order valence-corrected chi connectivity index (χ0v) is 7.92. The lowest BCUT2D eigenvalue weighted by atomic mass is 9.78. The second-order valence-corrected chi connectivity index (χ2v) is 3.50. The number of ketones is 1. The van der Waals surface area contributed by atoms with Gasteiger partial charge in [-0.3, -0.25) is 4.79 Å². The molecule has 0 saturated heterocycles. The van der Waals surface area contributed by atoms with Gasteiger partial charge in [-0.05, 0) is 12.1 Å². The van der Waals surface area contributed by atoms with E-state index in [0.717, 1.165) is 0 Å². The Kier molecular flexibility index (Phi) is 2.23. The van der Waals surface area contributed by atoms with E-state index in [4.69, 9.17) is 4.74 Å². The molecule has 1 saturated carbocycles. The number of carbonyl (C=O) groups excluding carboxylic acids is 1. The molecule has 1 aromatic carbocycles. The average Bonchev–Trinajstić information content (AvgIpc) is 2.13. The second kappa shape index (κ2) is 3.40. The highest BCUT2D eigenvalue weighted by Crippen LogP contribution is 2.39. The molecule has 1 fully saturated rings. The highest BCUT2D eigenvalue weighted by Gasteiger charge is 2.32. The Morgan fingerprint density at radius 3 is 2.71 bits per heavy atom. The van der Waals surface area contributed by atoms with E-state index in [2.05, 4.69) is 0 Å². The van der Waals surface area contributed by atoms with Gasteiger partial charge in [0.1, 0.15) is 17.3 Å². The molecule has 14 heavy (non-hydrogen) atoms. The Balaban J connectivity index is 2.35. The van der Waals surface area contributed by atoms with Crippen LogP contribution >= 0.6 is 0 Å². The maximum atomic E-state index is 13.4. The molecule has 0 heterocycles. The van der Waals surface area contributed by atoms with E-state index in [1.54, 1.807) is 12.1 Å². The molecular formula is C11H11FO2. The lowest BCUT2D eigenvalue weighted by molar-refractivity contribution is -0.124. The van der Waals surface area contributed by atoms with E-state index in [-0.39, 0.29) is 17.5 Å². The Labute approximate surface area is 81.7 Å². The summed E-state index contributed by atoms with van der Waals surface area (Å²) in [4.78, 5) is 10.8. The summed E-state index contributed by atoms with van der Waals surface area (Å²) in [6.45, 7) is 0. The topological polar surface area (TPSA) is 26.3 Å². The normalized spacial score (nSPS) is 16.6. The van der Waals surface area contributed by atoms with Gasteiger partial charge in [-0.25, -0.2) is 4.39 Å². The van der Waals surface area contributed by atoms with Crippen molar-refractivity contribution >= 4 is 5.78 Å². The Hall–Kier alpha value is -1.38. The molecule has 0 bridgehead atoms. The Morgan fingerprint density at radius 2 is 2.14 bits per heavy atom. The first kappa shape index (κ1) is 9.19. The summed E-state index contributed by atoms with van der Waals surface area (Å²) in [7, 11) is 1.51. The zero-order valence-electron chi connectivity index (χ0n) is 7.92. The summed E-state index contributed by atoms with van der Waals surface area (Å²) in [5.41, 5.74) is 0.551. The van der Waals surface area contributed by atoms with Crippen LogP contribution in [-0.2, 0) is 4.79 Å². The van der Waals surface area contributed by atoms with Gasteiger partial charge in [-0.2, -0.15) is 0 Å². The third-order valence-electron chi connectivity index (χ3n) is 2.59. The molecule has 2 nitrogen and oxygen atoms in total. The molecule has 0 amide bonds. The number of benzene rings is 1. The third-order valence-corrected chi connectivity index (χ3v) is 2.59. The first-order chi connectivity index (χ1) is 6.72. The fourth-order valence-corrected chi connectivity index (χ4v) is 1.79. The highest BCUT2D eigenvalue weighted by atomic mass is 19.1. The van der Waals surface area contributed by atoms with Crippen molar-refractivity contribution in [3.8, 4) is 5.75 Å². The van der Waals surface area contributed by atoms with Crippen molar-refractivity contribution < 1.29 is 13.9 Å². The van der Waals surface area contributed by atoms with Crippen molar-refractivity contribution in [3.05, 3.63) is 29.6 Å². The smallest absolute Gasteiger partial charge is 0.134 e. The molecule has 1 aromatic rings. The summed E-state index contributed by atoms with van der Waals surface area (Å²) < 4.78 is 18.5. The molecule has 1 aliphatic carbocycles. The fraction of sp³-hybridized carbons (Fsp3) is 0.364. The van der Waals surface area contributed by atoms with Crippen molar-refractivity contribution in [1.82, 2.24) is 0 Å². The number of carbonyl (C=O) groups is 1. The largest absolute Gasteiger partial charge is 0.496 e. The number of hydrogen-bond donors (Lipinski definition) is 0. The molecule has 0 N–H and O–H groups in total. The lowest BCUT2D eigenvalue weighted by Crippen LogP contribution is -2.22. The van der Waals surface area contributed by atoms with Crippen LogP contribution in [0.15, 0.2) is 18.2 Å². The molecule has 2 rings (SSSR count). The van der Waals surface area contributed by atoms with Crippen LogP contribution in [0.25, 0.3) is 0 Å². The highest BCUT2D eigenvalue weighted by molar-refractivity contribution is 5.86. The van der Waals surface area contributed by atoms with E-state index in [1.165, 1.54) is 13.2 Å². The van der Waals surface area contributed by atoms with Gasteiger partial charge in [0.05, 0.1) is 7.11 Å².